The van der Waals surface area contributed by atoms with Crippen LogP contribution >= 0.6 is 20.6 Å². The predicted octanol–water partition coefficient (Wildman–Crippen LogP) is 10.2. The van der Waals surface area contributed by atoms with E-state index in [0.717, 1.165) is 29.4 Å². The van der Waals surface area contributed by atoms with Crippen molar-refractivity contribution in [3.63, 3.8) is 0 Å². The van der Waals surface area contributed by atoms with Crippen molar-refractivity contribution in [3.05, 3.63) is 182 Å². The molecule has 0 spiro atoms. The minimum absolute atomic E-state index is 0.331. The van der Waals surface area contributed by atoms with Crippen LogP contribution in [-0.4, -0.2) is 21.5 Å². The quantitative estimate of drug-likeness (QED) is 0.112. The highest BCUT2D eigenvalue weighted by molar-refractivity contribution is 8.30. The fourth-order valence-corrected chi connectivity index (χ4v) is 11.4. The lowest BCUT2D eigenvalue weighted by atomic mass is 10.4. The fourth-order valence-electron chi connectivity index (χ4n) is 5.25. The zero-order valence-electron chi connectivity index (χ0n) is 24.6. The molecule has 6 rings (SSSR count). The maximum absolute atomic E-state index is 11.6. The first-order valence-corrected chi connectivity index (χ1v) is 17.7. The second kappa shape index (κ2) is 13.7. The lowest BCUT2D eigenvalue weighted by Gasteiger charge is -2.33. The van der Waals surface area contributed by atoms with Gasteiger partial charge in [0.1, 0.15) is 0 Å². The average molecular weight is 631 g/mol. The van der Waals surface area contributed by atoms with Crippen LogP contribution in [0.2, 0.25) is 0 Å². The maximum Gasteiger partial charge on any atom is 0.514 e. The highest BCUT2D eigenvalue weighted by atomic mass is 32.3. The highest BCUT2D eigenvalue weighted by Crippen LogP contribution is 2.70. The van der Waals surface area contributed by atoms with Gasteiger partial charge in [0.15, 0.2) is 0 Å². The first kappa shape index (κ1) is 30.0. The van der Waals surface area contributed by atoms with Crippen molar-refractivity contribution in [2.45, 2.75) is 35.8 Å². The summed E-state index contributed by atoms with van der Waals surface area (Å²) in [5, 5.41) is 0. The van der Waals surface area contributed by atoms with Gasteiger partial charge in [-0.15, -0.1) is 0 Å². The third-order valence-electron chi connectivity index (χ3n) is 7.20. The predicted molar refractivity (Wildman–Crippen MR) is 184 cm³/mol. The van der Waals surface area contributed by atoms with Crippen molar-refractivity contribution in [2.75, 3.05) is 0 Å². The van der Waals surface area contributed by atoms with E-state index in [1.165, 1.54) is 0 Å². The van der Waals surface area contributed by atoms with E-state index in [0.29, 0.717) is 0 Å². The molecular weight excluding hydrogens is 597 g/mol. The molecule has 0 aliphatic heterocycles. The summed E-state index contributed by atoms with van der Waals surface area (Å²) >= 11 is 0. The number of rotatable bonds is 10. The van der Waals surface area contributed by atoms with Crippen LogP contribution in [0.15, 0.2) is 211 Å². The average Bonchev–Trinajstić information content (AvgIpc) is 3.12. The molecule has 0 saturated heterocycles. The molecular formula is C39H34O4S2+2. The summed E-state index contributed by atoms with van der Waals surface area (Å²) in [7, 11) is -4.88. The molecule has 0 unspecified atom stereocenters. The topological polar surface area (TPSA) is 61.3 Å². The molecule has 6 aromatic carbocycles. The van der Waals surface area contributed by atoms with Crippen LogP contribution in [0.5, 0.6) is 0 Å². The van der Waals surface area contributed by atoms with E-state index in [1.54, 1.807) is 0 Å². The summed E-state index contributed by atoms with van der Waals surface area (Å²) in [6, 6.07) is 59.5. The first-order valence-electron chi connectivity index (χ1n) is 14.6. The van der Waals surface area contributed by atoms with Crippen LogP contribution in [0.4, 0.5) is 0 Å². The van der Waals surface area contributed by atoms with Crippen molar-refractivity contribution >= 4 is 32.6 Å². The molecule has 0 saturated carbocycles. The second-order valence-corrected chi connectivity index (χ2v) is 15.5. The van der Waals surface area contributed by atoms with Gasteiger partial charge >= 0.3 is 11.9 Å². The van der Waals surface area contributed by atoms with Gasteiger partial charge in [0.05, 0.1) is 50.0 Å². The molecule has 0 fully saturated rings. The van der Waals surface area contributed by atoms with Crippen LogP contribution in [0.25, 0.3) is 0 Å². The number of carbonyl (C=O) groups excluding carboxylic acids is 2. The van der Waals surface area contributed by atoms with Gasteiger partial charge in [-0.25, -0.2) is 0 Å². The molecule has 0 aliphatic carbocycles. The molecule has 4 nitrogen and oxygen atoms in total. The Morgan fingerprint density at radius 1 is 0.333 bits per heavy atom. The molecule has 6 heteroatoms. The Kier molecular flexibility index (Phi) is 9.15. The lowest BCUT2D eigenvalue weighted by Crippen LogP contribution is -2.20. The Bertz CT molecular complexity index is 1500. The van der Waals surface area contributed by atoms with Crippen molar-refractivity contribution in [2.24, 2.45) is 0 Å². The van der Waals surface area contributed by atoms with E-state index in [1.807, 2.05) is 182 Å². The molecule has 224 valence electrons. The summed E-state index contributed by atoms with van der Waals surface area (Å²) in [4.78, 5) is 28.7. The maximum atomic E-state index is 11.6. The van der Waals surface area contributed by atoms with Gasteiger partial charge in [0.25, 0.3) is 6.42 Å². The summed E-state index contributed by atoms with van der Waals surface area (Å²) < 4.78 is 13.4. The first-order chi connectivity index (χ1) is 22.1. The zero-order valence-corrected chi connectivity index (χ0v) is 26.2. The van der Waals surface area contributed by atoms with Crippen LogP contribution in [0, 0.1) is 0 Å². The van der Waals surface area contributed by atoms with Gasteiger partial charge < -0.3 is 9.59 Å². The Morgan fingerprint density at radius 3 is 0.689 bits per heavy atom. The minimum atomic E-state index is -2.44. The number of benzene rings is 6. The molecule has 6 aromatic rings. The van der Waals surface area contributed by atoms with Gasteiger partial charge in [-0.3, -0.25) is 8.37 Å². The minimum Gasteiger partial charge on any atom is -0.338 e. The van der Waals surface area contributed by atoms with Gasteiger partial charge in [-0.1, -0.05) is 109 Å². The molecule has 0 aliphatic rings. The molecule has 45 heavy (non-hydrogen) atoms. The van der Waals surface area contributed by atoms with E-state index >= 15 is 0 Å². The fraction of sp³-hybridized carbons (Fsp3) is 0.0256. The smallest absolute Gasteiger partial charge is 0.338 e. The summed E-state index contributed by atoms with van der Waals surface area (Å²) in [6.45, 7) is 0. The van der Waals surface area contributed by atoms with Gasteiger partial charge in [0, 0.05) is 0 Å². The van der Waals surface area contributed by atoms with Crippen molar-refractivity contribution in [1.29, 1.82) is 0 Å². The largest absolute Gasteiger partial charge is 0.514 e. The molecule has 2 N–H and O–H groups in total. The number of hydrogen-bond acceptors (Lipinski definition) is 2. The van der Waals surface area contributed by atoms with Crippen LogP contribution in [0.1, 0.15) is 6.42 Å². The SMILES string of the molecule is [OH+]=C(CC(=[OH+])OS(c1ccccc1)(c1ccccc1)c1ccccc1)OS(c1ccccc1)(c1ccccc1)c1ccccc1. The Balaban J connectivity index is 1.40. The van der Waals surface area contributed by atoms with Crippen molar-refractivity contribution in [1.82, 2.24) is 0 Å². The summed E-state index contributed by atoms with van der Waals surface area (Å²) in [5.41, 5.74) is 0. The third kappa shape index (κ3) is 6.16. The molecule has 0 aromatic heterocycles. The van der Waals surface area contributed by atoms with Crippen molar-refractivity contribution < 1.29 is 18.0 Å². The normalized spacial score (nSPS) is 12.1. The van der Waals surface area contributed by atoms with E-state index in [9.17, 15) is 9.59 Å². The molecule has 0 bridgehead atoms. The summed E-state index contributed by atoms with van der Waals surface area (Å²) in [6.07, 6.45) is -0.331. The van der Waals surface area contributed by atoms with Gasteiger partial charge in [-0.2, -0.15) is 0 Å². The lowest BCUT2D eigenvalue weighted by molar-refractivity contribution is 0.455. The monoisotopic (exact) mass is 630 g/mol. The molecule has 0 radical (unpaired) electrons. The van der Waals surface area contributed by atoms with E-state index < -0.39 is 20.6 Å². The van der Waals surface area contributed by atoms with Gasteiger partial charge in [0.2, 0.25) is 0 Å². The third-order valence-corrected chi connectivity index (χ3v) is 13.7. The molecule has 0 amide bonds. The Labute approximate surface area is 267 Å². The Morgan fingerprint density at radius 2 is 0.511 bits per heavy atom. The zero-order chi connectivity index (χ0) is 31.0. The molecule has 0 atom stereocenters. The van der Waals surface area contributed by atoms with Crippen LogP contribution in [-0.2, 0) is 8.37 Å². The Hall–Kier alpha value is -5.04. The van der Waals surface area contributed by atoms with E-state index in [4.69, 9.17) is 8.37 Å². The van der Waals surface area contributed by atoms with Gasteiger partial charge in [-0.05, 0) is 72.8 Å². The summed E-state index contributed by atoms with van der Waals surface area (Å²) in [5.74, 6) is -0.692. The highest BCUT2D eigenvalue weighted by Gasteiger charge is 2.47. The van der Waals surface area contributed by atoms with E-state index in [2.05, 4.69) is 0 Å². The van der Waals surface area contributed by atoms with Crippen LogP contribution in [0.3, 0.4) is 0 Å². The standard InChI is InChI=1S/C39H32O4S2/c40-38(42-44(32-19-7-1-8-20-32,33-21-9-2-10-22-33)34-23-11-3-12-24-34)31-39(41)43-45(35-25-13-4-14-26-35,36-27-15-5-16-28-36)37-29-17-6-18-30-37/h1-30H,31H2/p+2. The number of hydrogen-bond donors (Lipinski definition) is 0. The van der Waals surface area contributed by atoms with E-state index in [-0.39, 0.29) is 18.4 Å². The van der Waals surface area contributed by atoms with Crippen molar-refractivity contribution in [3.8, 4) is 0 Å². The molecule has 0 heterocycles. The van der Waals surface area contributed by atoms with Crippen LogP contribution < -0.4 is 0 Å². The second-order valence-electron chi connectivity index (χ2n) is 10.1.